The van der Waals surface area contributed by atoms with Crippen molar-refractivity contribution < 1.29 is 33.0 Å². The topological polar surface area (TPSA) is 95.9 Å². The van der Waals surface area contributed by atoms with Crippen molar-refractivity contribution in [3.8, 4) is 11.1 Å². The number of carboxylic acid groups (broad SMARTS) is 1. The first-order chi connectivity index (χ1) is 15.7. The van der Waals surface area contributed by atoms with Gasteiger partial charge in [0.05, 0.1) is 6.54 Å². The van der Waals surface area contributed by atoms with Crippen molar-refractivity contribution in [1.29, 1.82) is 0 Å². The van der Waals surface area contributed by atoms with Crippen molar-refractivity contribution in [2.45, 2.75) is 43.7 Å². The van der Waals surface area contributed by atoms with Gasteiger partial charge >= 0.3 is 12.1 Å². The number of nitrogens with zero attached hydrogens (tertiary/aromatic N) is 1. The maximum absolute atomic E-state index is 13.6. The Hall–Kier alpha value is -3.49. The van der Waals surface area contributed by atoms with E-state index in [1.54, 1.807) is 0 Å². The van der Waals surface area contributed by atoms with E-state index in [0.717, 1.165) is 22.3 Å². The van der Waals surface area contributed by atoms with Crippen molar-refractivity contribution in [2.24, 2.45) is 0 Å². The number of carbonyl (C=O) groups excluding carboxylic acids is 2. The molecule has 4 rings (SSSR count). The summed E-state index contributed by atoms with van der Waals surface area (Å²) in [5.41, 5.74) is 4.31. The van der Waals surface area contributed by atoms with Gasteiger partial charge in [-0.15, -0.1) is 0 Å². The van der Waals surface area contributed by atoms with Gasteiger partial charge in [-0.25, -0.2) is 18.4 Å². The Morgan fingerprint density at radius 1 is 1.12 bits per heavy atom. The van der Waals surface area contributed by atoms with Crippen molar-refractivity contribution in [2.75, 3.05) is 13.2 Å². The van der Waals surface area contributed by atoms with Crippen LogP contribution in [0.3, 0.4) is 0 Å². The van der Waals surface area contributed by atoms with E-state index >= 15 is 0 Å². The molecule has 7 nitrogen and oxygen atoms in total. The van der Waals surface area contributed by atoms with Gasteiger partial charge < -0.3 is 20.1 Å². The van der Waals surface area contributed by atoms with E-state index in [-0.39, 0.29) is 18.9 Å². The zero-order chi connectivity index (χ0) is 23.8. The summed E-state index contributed by atoms with van der Waals surface area (Å²) in [6, 6.07) is 13.5. The highest BCUT2D eigenvalue weighted by Gasteiger charge is 2.50. The number of alkyl halides is 2. The lowest BCUT2D eigenvalue weighted by molar-refractivity contribution is -0.148. The van der Waals surface area contributed by atoms with Crippen LogP contribution in [0.2, 0.25) is 0 Å². The molecule has 1 aliphatic heterocycles. The van der Waals surface area contributed by atoms with E-state index in [9.17, 15) is 23.2 Å². The molecule has 1 heterocycles. The lowest BCUT2D eigenvalue weighted by atomic mass is 9.98. The number of carboxylic acids is 1. The smallest absolute Gasteiger partial charge is 0.407 e. The molecule has 33 heavy (non-hydrogen) atoms. The minimum atomic E-state index is -3.25. The summed E-state index contributed by atoms with van der Waals surface area (Å²) in [7, 11) is 0. The van der Waals surface area contributed by atoms with Crippen LogP contribution < -0.4 is 5.32 Å². The number of hydrogen-bond donors (Lipinski definition) is 2. The van der Waals surface area contributed by atoms with Gasteiger partial charge in [-0.3, -0.25) is 4.79 Å². The Balaban J connectivity index is 1.33. The Morgan fingerprint density at radius 2 is 1.70 bits per heavy atom. The van der Waals surface area contributed by atoms with Crippen molar-refractivity contribution in [3.63, 3.8) is 0 Å². The average Bonchev–Trinajstić information content (AvgIpc) is 3.26. The number of alkyl carbamates (subject to hydrolysis) is 1. The molecule has 0 spiro atoms. The minimum absolute atomic E-state index is 0.0972. The molecule has 9 heteroatoms. The molecule has 2 aliphatic rings. The van der Waals surface area contributed by atoms with Crippen LogP contribution in [0.5, 0.6) is 0 Å². The Labute approximate surface area is 189 Å². The number of benzene rings is 2. The number of ether oxygens (including phenoxy) is 1. The zero-order valence-corrected chi connectivity index (χ0v) is 18.0. The first-order valence-corrected chi connectivity index (χ1v) is 10.7. The fraction of sp³-hybridized carbons (Fsp3) is 0.375. The Bertz CT molecular complexity index is 1040. The number of fused-ring (bicyclic) bond motifs is 3. The van der Waals surface area contributed by atoms with Crippen molar-refractivity contribution >= 4 is 18.0 Å². The van der Waals surface area contributed by atoms with Gasteiger partial charge in [-0.2, -0.15) is 0 Å². The van der Waals surface area contributed by atoms with Gasteiger partial charge in [-0.05, 0) is 29.2 Å². The zero-order valence-electron chi connectivity index (χ0n) is 18.0. The highest BCUT2D eigenvalue weighted by atomic mass is 19.3. The Kier molecular flexibility index (Phi) is 6.05. The third-order valence-electron chi connectivity index (χ3n) is 6.06. The van der Waals surface area contributed by atoms with E-state index < -0.39 is 48.9 Å². The molecular weight excluding hydrogens is 434 g/mol. The largest absolute Gasteiger partial charge is 0.480 e. The lowest BCUT2D eigenvalue weighted by Crippen LogP contribution is -2.44. The molecule has 1 fully saturated rings. The third-order valence-corrected chi connectivity index (χ3v) is 6.06. The molecule has 2 N–H and O–H groups in total. The van der Waals surface area contributed by atoms with Crippen LogP contribution in [0, 0.1) is 0 Å². The first-order valence-electron chi connectivity index (χ1n) is 10.7. The SMILES string of the molecule is CC(CC(=O)N1CC(F)(F)C[C@@H]1C(=O)O)NC(=O)OCC1c2ccccc2-c2ccccc21. The monoisotopic (exact) mass is 458 g/mol. The lowest BCUT2D eigenvalue weighted by Gasteiger charge is -2.23. The van der Waals surface area contributed by atoms with Gasteiger partial charge in [0.1, 0.15) is 12.6 Å². The van der Waals surface area contributed by atoms with Crippen LogP contribution >= 0.6 is 0 Å². The molecule has 2 aromatic carbocycles. The molecule has 1 unspecified atom stereocenters. The fourth-order valence-electron chi connectivity index (χ4n) is 4.57. The maximum atomic E-state index is 13.6. The summed E-state index contributed by atoms with van der Waals surface area (Å²) in [6.45, 7) is 0.684. The normalized spacial score (nSPS) is 19.5. The van der Waals surface area contributed by atoms with Crippen molar-refractivity contribution in [1.82, 2.24) is 10.2 Å². The number of carbonyl (C=O) groups is 3. The second-order valence-corrected chi connectivity index (χ2v) is 8.51. The van der Waals surface area contributed by atoms with E-state index in [2.05, 4.69) is 5.32 Å². The highest BCUT2D eigenvalue weighted by molar-refractivity contribution is 5.85. The molecule has 0 aromatic heterocycles. The quantitative estimate of drug-likeness (QED) is 0.689. The minimum Gasteiger partial charge on any atom is -0.480 e. The number of amides is 2. The average molecular weight is 458 g/mol. The number of likely N-dealkylation sites (tertiary alicyclic amines) is 1. The second-order valence-electron chi connectivity index (χ2n) is 8.51. The molecule has 2 amide bonds. The number of rotatable bonds is 6. The molecule has 2 atom stereocenters. The molecule has 174 valence electrons. The number of halogens is 2. The van der Waals surface area contributed by atoms with Crippen LogP contribution in [-0.2, 0) is 14.3 Å². The van der Waals surface area contributed by atoms with Crippen LogP contribution in [-0.4, -0.2) is 59.1 Å². The van der Waals surface area contributed by atoms with E-state index in [1.807, 2.05) is 48.5 Å². The Morgan fingerprint density at radius 3 is 2.27 bits per heavy atom. The van der Waals surface area contributed by atoms with Crippen molar-refractivity contribution in [3.05, 3.63) is 59.7 Å². The van der Waals surface area contributed by atoms with Crippen LogP contribution in [0.1, 0.15) is 36.8 Å². The number of aliphatic carboxylic acids is 1. The molecular formula is C24H24F2N2O5. The first kappa shape index (κ1) is 22.7. The van der Waals surface area contributed by atoms with Crippen LogP contribution in [0.25, 0.3) is 11.1 Å². The van der Waals surface area contributed by atoms with Gasteiger partial charge in [0.15, 0.2) is 0 Å². The highest BCUT2D eigenvalue weighted by Crippen LogP contribution is 2.44. The summed E-state index contributed by atoms with van der Waals surface area (Å²) in [5, 5.41) is 11.7. The molecule has 1 saturated heterocycles. The second kappa shape index (κ2) is 8.80. The summed E-state index contributed by atoms with van der Waals surface area (Å²) in [5.74, 6) is -5.60. The number of nitrogens with one attached hydrogen (secondary N) is 1. The third kappa shape index (κ3) is 4.67. The van der Waals surface area contributed by atoms with Gasteiger partial charge in [0.25, 0.3) is 5.92 Å². The predicted molar refractivity (Wildman–Crippen MR) is 115 cm³/mol. The number of hydrogen-bond acceptors (Lipinski definition) is 4. The summed E-state index contributed by atoms with van der Waals surface area (Å²) in [4.78, 5) is 36.7. The molecule has 0 saturated carbocycles. The standard InChI is InChI=1S/C24H24F2N2O5/c1-14(10-21(29)28-13-24(25,26)11-20(28)22(30)31)27-23(32)33-12-19-17-8-4-2-6-15(17)16-7-3-5-9-18(16)19/h2-9,14,19-20H,10-13H2,1H3,(H,27,32)(H,30,31)/t14?,20-/m1/s1. The molecule has 2 aromatic rings. The molecule has 0 bridgehead atoms. The van der Waals surface area contributed by atoms with Gasteiger partial charge in [0, 0.05) is 24.8 Å². The van der Waals surface area contributed by atoms with E-state index in [4.69, 9.17) is 9.84 Å². The summed E-state index contributed by atoms with van der Waals surface area (Å²) >= 11 is 0. The maximum Gasteiger partial charge on any atom is 0.407 e. The van der Waals surface area contributed by atoms with Gasteiger partial charge in [-0.1, -0.05) is 48.5 Å². The van der Waals surface area contributed by atoms with E-state index in [0.29, 0.717) is 4.90 Å². The molecule has 1 aliphatic carbocycles. The van der Waals surface area contributed by atoms with Crippen LogP contribution in [0.15, 0.2) is 48.5 Å². The summed E-state index contributed by atoms with van der Waals surface area (Å²) in [6.07, 6.45) is -1.97. The van der Waals surface area contributed by atoms with Gasteiger partial charge in [0.2, 0.25) is 5.91 Å². The van der Waals surface area contributed by atoms with E-state index in [1.165, 1.54) is 6.92 Å². The summed E-state index contributed by atoms with van der Waals surface area (Å²) < 4.78 is 32.7. The predicted octanol–water partition coefficient (Wildman–Crippen LogP) is 3.62. The fourth-order valence-corrected chi connectivity index (χ4v) is 4.57. The van der Waals surface area contributed by atoms with Crippen LogP contribution in [0.4, 0.5) is 13.6 Å². The molecule has 0 radical (unpaired) electrons.